The van der Waals surface area contributed by atoms with E-state index in [1.165, 1.54) is 18.9 Å². The van der Waals surface area contributed by atoms with Crippen LogP contribution < -0.4 is 15.0 Å². The van der Waals surface area contributed by atoms with Gasteiger partial charge in [-0.15, -0.1) is 0 Å². The molecule has 0 unspecified atom stereocenters. The summed E-state index contributed by atoms with van der Waals surface area (Å²) in [5, 5.41) is 6.26. The van der Waals surface area contributed by atoms with Gasteiger partial charge >= 0.3 is 0 Å². The van der Waals surface area contributed by atoms with Crippen LogP contribution in [0.4, 0.5) is 11.5 Å². The summed E-state index contributed by atoms with van der Waals surface area (Å²) in [6, 6.07) is 8.54. The molecule has 2 amide bonds. The lowest BCUT2D eigenvalue weighted by Gasteiger charge is -2.20. The lowest BCUT2D eigenvalue weighted by Crippen LogP contribution is -2.36. The molecule has 0 spiro atoms. The van der Waals surface area contributed by atoms with E-state index in [0.717, 1.165) is 0 Å². The second-order valence-electron chi connectivity index (χ2n) is 4.68. The molecule has 2 aromatic rings. The third-order valence-electron chi connectivity index (χ3n) is 2.94. The minimum absolute atomic E-state index is 0.131. The van der Waals surface area contributed by atoms with Crippen LogP contribution in [0.5, 0.6) is 5.75 Å². The zero-order valence-electron chi connectivity index (χ0n) is 12.6. The summed E-state index contributed by atoms with van der Waals surface area (Å²) in [5.74, 6) is 0.894. The maximum absolute atomic E-state index is 12.0. The van der Waals surface area contributed by atoms with Gasteiger partial charge in [0.15, 0.2) is 5.82 Å². The highest BCUT2D eigenvalue weighted by atomic mass is 16.5. The summed E-state index contributed by atoms with van der Waals surface area (Å²) < 4.78 is 10.00. The molecule has 0 aliphatic carbocycles. The fourth-order valence-electron chi connectivity index (χ4n) is 1.91. The number of nitrogens with zero attached hydrogens (tertiary/aromatic N) is 2. The summed E-state index contributed by atoms with van der Waals surface area (Å²) in [7, 11) is 1.54. The van der Waals surface area contributed by atoms with Crippen LogP contribution in [0.1, 0.15) is 12.7 Å². The Hall–Kier alpha value is -2.83. The number of benzene rings is 1. The van der Waals surface area contributed by atoms with Crippen LogP contribution in [-0.4, -0.2) is 30.6 Å². The average molecular weight is 303 g/mol. The van der Waals surface area contributed by atoms with Crippen molar-refractivity contribution < 1.29 is 18.8 Å². The summed E-state index contributed by atoms with van der Waals surface area (Å²) in [6.45, 7) is 2.99. The molecule has 1 aromatic heterocycles. The van der Waals surface area contributed by atoms with Gasteiger partial charge in [0.2, 0.25) is 11.8 Å². The van der Waals surface area contributed by atoms with Crippen molar-refractivity contribution in [3.63, 3.8) is 0 Å². The molecule has 7 nitrogen and oxygen atoms in total. The molecule has 0 atom stereocenters. The van der Waals surface area contributed by atoms with Gasteiger partial charge in [-0.2, -0.15) is 0 Å². The van der Waals surface area contributed by atoms with Crippen LogP contribution in [-0.2, 0) is 9.59 Å². The van der Waals surface area contributed by atoms with Gasteiger partial charge in [0.05, 0.1) is 7.11 Å². The second kappa shape index (κ2) is 6.75. The largest absolute Gasteiger partial charge is 0.497 e. The summed E-state index contributed by atoms with van der Waals surface area (Å²) in [4.78, 5) is 25.2. The van der Waals surface area contributed by atoms with E-state index in [0.29, 0.717) is 23.0 Å². The molecule has 0 bridgehead atoms. The van der Waals surface area contributed by atoms with Crippen molar-refractivity contribution in [2.45, 2.75) is 13.8 Å². The molecule has 0 saturated heterocycles. The second-order valence-corrected chi connectivity index (χ2v) is 4.68. The molecule has 0 radical (unpaired) electrons. The number of aryl methyl sites for hydroxylation is 1. The molecule has 0 saturated carbocycles. The lowest BCUT2D eigenvalue weighted by molar-refractivity contribution is -0.120. The molecule has 1 N–H and O–H groups in total. The first-order chi connectivity index (χ1) is 10.5. The fourth-order valence-corrected chi connectivity index (χ4v) is 1.91. The number of carbonyl (C=O) groups excluding carboxylic acids is 2. The van der Waals surface area contributed by atoms with Gasteiger partial charge in [-0.3, -0.25) is 9.59 Å². The molecule has 22 heavy (non-hydrogen) atoms. The smallest absolute Gasteiger partial charge is 0.245 e. The quantitative estimate of drug-likeness (QED) is 0.913. The number of nitrogens with one attached hydrogen (secondary N) is 1. The Labute approximate surface area is 127 Å². The molecule has 116 valence electrons. The van der Waals surface area contributed by atoms with Gasteiger partial charge in [0.1, 0.15) is 18.1 Å². The van der Waals surface area contributed by atoms with Crippen molar-refractivity contribution in [2.24, 2.45) is 0 Å². The minimum atomic E-state index is -0.369. The number of ether oxygens (including phenoxy) is 1. The van der Waals surface area contributed by atoms with Crippen LogP contribution in [0.3, 0.4) is 0 Å². The first-order valence-corrected chi connectivity index (χ1v) is 6.65. The topological polar surface area (TPSA) is 84.7 Å². The van der Waals surface area contributed by atoms with Crippen molar-refractivity contribution in [1.82, 2.24) is 5.16 Å². The highest BCUT2D eigenvalue weighted by Gasteiger charge is 2.17. The maximum Gasteiger partial charge on any atom is 0.245 e. The molecular formula is C15H17N3O4. The van der Waals surface area contributed by atoms with Gasteiger partial charge < -0.3 is 19.5 Å². The fraction of sp³-hybridized carbons (Fsp3) is 0.267. The van der Waals surface area contributed by atoms with Crippen molar-refractivity contribution in [1.29, 1.82) is 0 Å². The zero-order chi connectivity index (χ0) is 16.1. The monoisotopic (exact) mass is 303 g/mol. The average Bonchev–Trinajstić information content (AvgIpc) is 2.89. The van der Waals surface area contributed by atoms with E-state index in [1.54, 1.807) is 37.3 Å². The van der Waals surface area contributed by atoms with E-state index in [9.17, 15) is 9.59 Å². The summed E-state index contributed by atoms with van der Waals surface area (Å²) in [5.41, 5.74) is 0.582. The maximum atomic E-state index is 12.0. The molecule has 1 aromatic carbocycles. The first kappa shape index (κ1) is 15.6. The highest BCUT2D eigenvalue weighted by molar-refractivity contribution is 6.01. The Balaban J connectivity index is 2.11. The van der Waals surface area contributed by atoms with Gasteiger partial charge in [-0.1, -0.05) is 11.2 Å². The predicted octanol–water partition coefficient (Wildman–Crippen LogP) is 1.98. The van der Waals surface area contributed by atoms with E-state index in [4.69, 9.17) is 9.26 Å². The van der Waals surface area contributed by atoms with E-state index in [2.05, 4.69) is 10.5 Å². The van der Waals surface area contributed by atoms with Crippen LogP contribution in [0.2, 0.25) is 0 Å². The molecular weight excluding hydrogens is 286 g/mol. The third-order valence-corrected chi connectivity index (χ3v) is 2.94. The molecule has 0 fully saturated rings. The first-order valence-electron chi connectivity index (χ1n) is 6.65. The van der Waals surface area contributed by atoms with Crippen molar-refractivity contribution in [3.05, 3.63) is 36.1 Å². The third kappa shape index (κ3) is 3.85. The van der Waals surface area contributed by atoms with E-state index in [1.807, 2.05) is 0 Å². The summed E-state index contributed by atoms with van der Waals surface area (Å²) in [6.07, 6.45) is 0. The van der Waals surface area contributed by atoms with Gasteiger partial charge in [-0.25, -0.2) is 0 Å². The van der Waals surface area contributed by atoms with Crippen molar-refractivity contribution >= 4 is 23.3 Å². The predicted molar refractivity (Wildman–Crippen MR) is 80.9 cm³/mol. The Bertz CT molecular complexity index is 681. The Kier molecular flexibility index (Phi) is 4.77. The number of carbonyl (C=O) groups is 2. The molecule has 0 aliphatic heterocycles. The number of aromatic nitrogens is 1. The highest BCUT2D eigenvalue weighted by Crippen LogP contribution is 2.21. The molecule has 7 heteroatoms. The van der Waals surface area contributed by atoms with E-state index in [-0.39, 0.29) is 18.4 Å². The molecule has 2 rings (SSSR count). The van der Waals surface area contributed by atoms with Gasteiger partial charge in [0.25, 0.3) is 0 Å². The standard InChI is InChI=1S/C15H17N3O4/c1-10-7-14(17-22-10)16-15(20)9-18(11(2)19)12-5-4-6-13(8-12)21-3/h4-8H,9H2,1-3H3,(H,16,17,20). The number of amides is 2. The number of hydrogen-bond donors (Lipinski definition) is 1. The van der Waals surface area contributed by atoms with Crippen LogP contribution in [0, 0.1) is 6.92 Å². The van der Waals surface area contributed by atoms with Gasteiger partial charge in [0, 0.05) is 24.7 Å². The van der Waals surface area contributed by atoms with E-state index >= 15 is 0 Å². The number of methoxy groups -OCH3 is 1. The Morgan fingerprint density at radius 1 is 1.36 bits per heavy atom. The number of anilines is 2. The van der Waals surface area contributed by atoms with Crippen LogP contribution >= 0.6 is 0 Å². The van der Waals surface area contributed by atoms with Crippen molar-refractivity contribution in [3.8, 4) is 5.75 Å². The minimum Gasteiger partial charge on any atom is -0.497 e. The Morgan fingerprint density at radius 2 is 2.14 bits per heavy atom. The lowest BCUT2D eigenvalue weighted by atomic mass is 10.2. The van der Waals surface area contributed by atoms with E-state index < -0.39 is 0 Å². The number of hydrogen-bond acceptors (Lipinski definition) is 5. The van der Waals surface area contributed by atoms with Crippen LogP contribution in [0.25, 0.3) is 0 Å². The SMILES string of the molecule is COc1cccc(N(CC(=O)Nc2cc(C)on2)C(C)=O)c1. The van der Waals surface area contributed by atoms with Crippen molar-refractivity contribution in [2.75, 3.05) is 23.9 Å². The zero-order valence-corrected chi connectivity index (χ0v) is 12.6. The van der Waals surface area contributed by atoms with Crippen LogP contribution in [0.15, 0.2) is 34.9 Å². The Morgan fingerprint density at radius 3 is 2.73 bits per heavy atom. The summed E-state index contributed by atoms with van der Waals surface area (Å²) >= 11 is 0. The number of rotatable bonds is 5. The normalized spacial score (nSPS) is 10.1. The van der Waals surface area contributed by atoms with Gasteiger partial charge in [-0.05, 0) is 19.1 Å². The molecule has 1 heterocycles. The molecule has 0 aliphatic rings.